The molecule has 1 N–H and O–H groups in total. The normalized spacial score (nSPS) is 12.4. The Kier molecular flexibility index (Phi) is 4.73. The van der Waals surface area contributed by atoms with Gasteiger partial charge in [-0.25, -0.2) is 0 Å². The van der Waals surface area contributed by atoms with Gasteiger partial charge in [0.1, 0.15) is 0 Å². The molecule has 0 spiro atoms. The monoisotopic (exact) mass is 342 g/mol. The third-order valence-corrected chi connectivity index (χ3v) is 4.25. The van der Waals surface area contributed by atoms with Gasteiger partial charge in [-0.2, -0.15) is 0 Å². The molecule has 0 saturated carbocycles. The van der Waals surface area contributed by atoms with Crippen LogP contribution in [0.4, 0.5) is 0 Å². The van der Waals surface area contributed by atoms with Crippen molar-refractivity contribution < 1.29 is 5.11 Å². The lowest BCUT2D eigenvalue weighted by Gasteiger charge is -2.09. The molecule has 1 atom stereocenters. The maximum Gasteiger partial charge on any atom is 0.0776 e. The van der Waals surface area contributed by atoms with Gasteiger partial charge in [-0.15, -0.1) is 0 Å². The smallest absolute Gasteiger partial charge is 0.0776 e. The molecule has 0 aliphatic carbocycles. The van der Waals surface area contributed by atoms with Crippen LogP contribution >= 0.6 is 39.3 Å². The maximum absolute atomic E-state index is 9.52. The molecule has 94 valence electrons. The third kappa shape index (κ3) is 3.51. The van der Waals surface area contributed by atoms with Crippen molar-refractivity contribution in [1.82, 2.24) is 0 Å². The standard InChI is InChI=1S/C14H12BrClOS/c1-9(17)13-6-5-12(8-14(13)16)18-11-4-2-3-10(15)7-11/h2-9,17H,1H3. The first-order valence-corrected chi connectivity index (χ1v) is 7.46. The second kappa shape index (κ2) is 6.11. The van der Waals surface area contributed by atoms with Crippen molar-refractivity contribution in [3.8, 4) is 0 Å². The summed E-state index contributed by atoms with van der Waals surface area (Å²) in [6.07, 6.45) is -0.539. The molecule has 2 aromatic carbocycles. The topological polar surface area (TPSA) is 20.2 Å². The van der Waals surface area contributed by atoms with Crippen LogP contribution in [0.25, 0.3) is 0 Å². The van der Waals surface area contributed by atoms with Gasteiger partial charge in [-0.1, -0.05) is 51.4 Å². The summed E-state index contributed by atoms with van der Waals surface area (Å²) in [4.78, 5) is 2.20. The van der Waals surface area contributed by atoms with Crippen LogP contribution < -0.4 is 0 Å². The average molecular weight is 344 g/mol. The van der Waals surface area contributed by atoms with E-state index in [0.29, 0.717) is 5.02 Å². The highest BCUT2D eigenvalue weighted by molar-refractivity contribution is 9.10. The lowest BCUT2D eigenvalue weighted by molar-refractivity contribution is 0.199. The minimum absolute atomic E-state index is 0.539. The molecular weight excluding hydrogens is 332 g/mol. The molecule has 0 bridgehead atoms. The molecule has 4 heteroatoms. The first kappa shape index (κ1) is 13.9. The van der Waals surface area contributed by atoms with Gasteiger partial charge in [-0.3, -0.25) is 0 Å². The lowest BCUT2D eigenvalue weighted by Crippen LogP contribution is -1.91. The summed E-state index contributed by atoms with van der Waals surface area (Å²) in [5.41, 5.74) is 0.759. The zero-order chi connectivity index (χ0) is 13.1. The SMILES string of the molecule is CC(O)c1ccc(Sc2cccc(Br)c2)cc1Cl. The largest absolute Gasteiger partial charge is 0.389 e. The van der Waals surface area contributed by atoms with E-state index < -0.39 is 6.10 Å². The highest BCUT2D eigenvalue weighted by Crippen LogP contribution is 2.33. The van der Waals surface area contributed by atoms with Crippen LogP contribution in [0.5, 0.6) is 0 Å². The van der Waals surface area contributed by atoms with E-state index in [4.69, 9.17) is 11.6 Å². The van der Waals surface area contributed by atoms with E-state index in [1.165, 1.54) is 0 Å². The second-order valence-electron chi connectivity index (χ2n) is 3.92. The van der Waals surface area contributed by atoms with Crippen LogP contribution in [-0.2, 0) is 0 Å². The molecule has 0 radical (unpaired) electrons. The summed E-state index contributed by atoms with van der Waals surface area (Å²) in [6.45, 7) is 1.71. The highest BCUT2D eigenvalue weighted by atomic mass is 79.9. The molecule has 1 nitrogen and oxygen atoms in total. The number of hydrogen-bond acceptors (Lipinski definition) is 2. The van der Waals surface area contributed by atoms with E-state index in [-0.39, 0.29) is 0 Å². The lowest BCUT2D eigenvalue weighted by atomic mass is 10.1. The van der Waals surface area contributed by atoms with E-state index in [1.54, 1.807) is 18.7 Å². The first-order chi connectivity index (χ1) is 8.56. The number of hydrogen-bond donors (Lipinski definition) is 1. The number of rotatable bonds is 3. The summed E-state index contributed by atoms with van der Waals surface area (Å²) in [7, 11) is 0. The minimum atomic E-state index is -0.539. The summed E-state index contributed by atoms with van der Waals surface area (Å²) in [5, 5.41) is 10.1. The van der Waals surface area contributed by atoms with Crippen molar-refractivity contribution in [2.75, 3.05) is 0 Å². The average Bonchev–Trinajstić information content (AvgIpc) is 2.28. The van der Waals surface area contributed by atoms with E-state index in [1.807, 2.05) is 36.4 Å². The van der Waals surface area contributed by atoms with Crippen LogP contribution in [0.2, 0.25) is 5.02 Å². The molecule has 0 heterocycles. The molecule has 0 aliphatic heterocycles. The van der Waals surface area contributed by atoms with E-state index in [9.17, 15) is 5.11 Å². The molecule has 0 aliphatic rings. The number of benzene rings is 2. The Morgan fingerprint density at radius 3 is 2.50 bits per heavy atom. The molecule has 2 aromatic rings. The molecule has 1 unspecified atom stereocenters. The predicted octanol–water partition coefficient (Wildman–Crippen LogP) is 5.31. The molecule has 0 fully saturated rings. The fourth-order valence-electron chi connectivity index (χ4n) is 1.58. The second-order valence-corrected chi connectivity index (χ2v) is 6.39. The van der Waals surface area contributed by atoms with Gasteiger partial charge in [0, 0.05) is 19.3 Å². The Bertz CT molecular complexity index is 557. The van der Waals surface area contributed by atoms with Crippen LogP contribution in [0, 0.1) is 0 Å². The van der Waals surface area contributed by atoms with Gasteiger partial charge in [0.2, 0.25) is 0 Å². The quantitative estimate of drug-likeness (QED) is 0.815. The molecule has 0 aromatic heterocycles. The van der Waals surface area contributed by atoms with Crippen molar-refractivity contribution in [2.24, 2.45) is 0 Å². The molecular formula is C14H12BrClOS. The van der Waals surface area contributed by atoms with Crippen LogP contribution in [0.15, 0.2) is 56.7 Å². The first-order valence-electron chi connectivity index (χ1n) is 5.47. The van der Waals surface area contributed by atoms with Gasteiger partial charge >= 0.3 is 0 Å². The van der Waals surface area contributed by atoms with Crippen molar-refractivity contribution in [1.29, 1.82) is 0 Å². The summed E-state index contributed by atoms with van der Waals surface area (Å²) in [6, 6.07) is 13.8. The maximum atomic E-state index is 9.52. The van der Waals surface area contributed by atoms with Gasteiger partial charge in [0.25, 0.3) is 0 Å². The summed E-state index contributed by atoms with van der Waals surface area (Å²) >= 11 is 11.2. The Morgan fingerprint density at radius 2 is 1.89 bits per heavy atom. The van der Waals surface area contributed by atoms with Crippen molar-refractivity contribution in [3.05, 3.63) is 57.5 Å². The zero-order valence-electron chi connectivity index (χ0n) is 9.73. The highest BCUT2D eigenvalue weighted by Gasteiger charge is 2.07. The number of aliphatic hydroxyl groups is 1. The van der Waals surface area contributed by atoms with Gasteiger partial charge < -0.3 is 5.11 Å². The van der Waals surface area contributed by atoms with E-state index >= 15 is 0 Å². The predicted molar refractivity (Wildman–Crippen MR) is 80.4 cm³/mol. The Balaban J connectivity index is 2.23. The Labute approximate surface area is 124 Å². The third-order valence-electron chi connectivity index (χ3n) is 2.45. The van der Waals surface area contributed by atoms with Crippen LogP contribution in [-0.4, -0.2) is 5.11 Å². The van der Waals surface area contributed by atoms with E-state index in [2.05, 4.69) is 22.0 Å². The molecule has 2 rings (SSSR count). The summed E-state index contributed by atoms with van der Waals surface area (Å²) in [5.74, 6) is 0. The molecule has 0 saturated heterocycles. The molecule has 0 amide bonds. The van der Waals surface area contributed by atoms with Gasteiger partial charge in [-0.05, 0) is 42.8 Å². The van der Waals surface area contributed by atoms with Crippen molar-refractivity contribution in [3.63, 3.8) is 0 Å². The fraction of sp³-hybridized carbons (Fsp3) is 0.143. The van der Waals surface area contributed by atoms with Crippen LogP contribution in [0.3, 0.4) is 0 Å². The fourth-order valence-corrected chi connectivity index (χ4v) is 3.45. The van der Waals surface area contributed by atoms with E-state index in [0.717, 1.165) is 19.8 Å². The number of aliphatic hydroxyl groups excluding tert-OH is 1. The number of halogens is 2. The zero-order valence-corrected chi connectivity index (χ0v) is 12.9. The van der Waals surface area contributed by atoms with Crippen LogP contribution in [0.1, 0.15) is 18.6 Å². The molecule has 18 heavy (non-hydrogen) atoms. The van der Waals surface area contributed by atoms with Gasteiger partial charge in [0.15, 0.2) is 0 Å². The van der Waals surface area contributed by atoms with Crippen molar-refractivity contribution in [2.45, 2.75) is 22.8 Å². The Hall–Kier alpha value is -0.480. The Morgan fingerprint density at radius 1 is 1.17 bits per heavy atom. The van der Waals surface area contributed by atoms with Crippen molar-refractivity contribution >= 4 is 39.3 Å². The summed E-state index contributed by atoms with van der Waals surface area (Å²) < 4.78 is 1.05. The van der Waals surface area contributed by atoms with Gasteiger partial charge in [0.05, 0.1) is 6.10 Å². The minimum Gasteiger partial charge on any atom is -0.389 e.